The van der Waals surface area contributed by atoms with Gasteiger partial charge in [-0.25, -0.2) is 9.78 Å². The summed E-state index contributed by atoms with van der Waals surface area (Å²) in [5.41, 5.74) is 6.71. The number of carboxylic acid groups (broad SMARTS) is 1. The molecule has 0 saturated heterocycles. The van der Waals surface area contributed by atoms with Gasteiger partial charge < -0.3 is 30.0 Å². The Kier molecular flexibility index (Phi) is 8.43. The number of anilines is 3. The smallest absolute Gasteiger partial charge is 0.414 e. The number of nitrogens with one attached hydrogen (secondary N) is 2. The fraction of sp³-hybridized carbons (Fsp3) is 0.118. The van der Waals surface area contributed by atoms with Crippen LogP contribution in [-0.4, -0.2) is 43.3 Å². The number of fused-ring (bicyclic) bond motifs is 3. The summed E-state index contributed by atoms with van der Waals surface area (Å²) >= 11 is 1.13. The van der Waals surface area contributed by atoms with Crippen LogP contribution in [0.15, 0.2) is 102 Å². The normalized spacial score (nSPS) is 11.7. The molecule has 0 radical (unpaired) electrons. The Morgan fingerprint density at radius 3 is 2.13 bits per heavy atom. The number of benzene rings is 4. The molecule has 10 nitrogen and oxygen atoms in total. The number of carbonyl (C=O) groups excluding carboxylic acids is 3. The van der Waals surface area contributed by atoms with Gasteiger partial charge in [0.15, 0.2) is 5.13 Å². The number of ether oxygens (including phenoxy) is 2. The quantitative estimate of drug-likeness (QED) is 0.208. The number of aromatic nitrogens is 1. The highest BCUT2D eigenvalue weighted by atomic mass is 32.1. The molecule has 3 amide bonds. The highest BCUT2D eigenvalue weighted by Crippen LogP contribution is 2.44. The maximum Gasteiger partial charge on any atom is 0.414 e. The molecule has 0 fully saturated rings. The molecule has 0 spiro atoms. The fourth-order valence-electron chi connectivity index (χ4n) is 5.31. The highest BCUT2D eigenvalue weighted by molar-refractivity contribution is 7.14. The lowest BCUT2D eigenvalue weighted by molar-refractivity contribution is -0.242. The van der Waals surface area contributed by atoms with Crippen LogP contribution in [-0.2, 0) is 9.53 Å². The van der Waals surface area contributed by atoms with E-state index in [-0.39, 0.29) is 24.2 Å². The van der Waals surface area contributed by atoms with Gasteiger partial charge in [-0.2, -0.15) is 0 Å². The summed E-state index contributed by atoms with van der Waals surface area (Å²) in [6, 6.07) is 29.9. The minimum absolute atomic E-state index is 0.111. The molecule has 6 rings (SSSR count). The second-order valence-electron chi connectivity index (χ2n) is 10.2. The fourth-order valence-corrected chi connectivity index (χ4v) is 6.02. The first-order valence-corrected chi connectivity index (χ1v) is 14.9. The van der Waals surface area contributed by atoms with E-state index in [1.807, 2.05) is 36.4 Å². The molecule has 1 aliphatic rings. The second-order valence-corrected chi connectivity index (χ2v) is 11.0. The van der Waals surface area contributed by atoms with Gasteiger partial charge in [-0.3, -0.25) is 9.69 Å². The van der Waals surface area contributed by atoms with Crippen molar-refractivity contribution in [3.8, 4) is 28.1 Å². The zero-order valence-corrected chi connectivity index (χ0v) is 24.9. The molecular formula is C34H27N4O6S-. The summed E-state index contributed by atoms with van der Waals surface area (Å²) in [4.78, 5) is 43.0. The van der Waals surface area contributed by atoms with Crippen LogP contribution in [0.5, 0.6) is 5.75 Å². The van der Waals surface area contributed by atoms with E-state index in [4.69, 9.17) is 9.47 Å². The number of amides is 3. The van der Waals surface area contributed by atoms with Crippen LogP contribution in [0.25, 0.3) is 22.4 Å². The average molecular weight is 620 g/mol. The molecule has 5 aromatic rings. The minimum Gasteiger partial charge on any atom is -0.530 e. The predicted molar refractivity (Wildman–Crippen MR) is 171 cm³/mol. The Hall–Kier alpha value is -5.68. The number of methoxy groups -OCH3 is 1. The molecule has 11 heteroatoms. The zero-order valence-electron chi connectivity index (χ0n) is 24.1. The van der Waals surface area contributed by atoms with Crippen molar-refractivity contribution in [2.45, 2.75) is 5.92 Å². The maximum atomic E-state index is 13.6. The van der Waals surface area contributed by atoms with Crippen molar-refractivity contribution in [3.63, 3.8) is 0 Å². The third-order valence-electron chi connectivity index (χ3n) is 7.42. The van der Waals surface area contributed by atoms with Gasteiger partial charge >= 0.3 is 6.09 Å². The lowest BCUT2D eigenvalue weighted by Gasteiger charge is -2.23. The number of thiazole rings is 1. The van der Waals surface area contributed by atoms with Crippen LogP contribution in [0.4, 0.5) is 26.1 Å². The van der Waals surface area contributed by atoms with Crippen LogP contribution in [0.1, 0.15) is 17.0 Å². The molecule has 0 bridgehead atoms. The van der Waals surface area contributed by atoms with Crippen molar-refractivity contribution in [3.05, 3.63) is 114 Å². The highest BCUT2D eigenvalue weighted by Gasteiger charge is 2.30. The third kappa shape index (κ3) is 6.48. The summed E-state index contributed by atoms with van der Waals surface area (Å²) in [5.74, 6) is 0.0522. The SMILES string of the molecule is COc1ccc(N(CC(=O)Nc2ccc(-c3csc(NC(=O)[O-])n3)cc2)C(=O)OCC2c3ccccc3-c3ccccc32)cc1. The Balaban J connectivity index is 1.16. The first kappa shape index (κ1) is 29.4. The van der Waals surface area contributed by atoms with Crippen molar-refractivity contribution in [1.29, 1.82) is 0 Å². The van der Waals surface area contributed by atoms with Gasteiger partial charge in [-0.15, -0.1) is 11.3 Å². The molecule has 4 aromatic carbocycles. The first-order valence-electron chi connectivity index (χ1n) is 14.0. The summed E-state index contributed by atoms with van der Waals surface area (Å²) in [6.45, 7) is -0.186. The van der Waals surface area contributed by atoms with E-state index >= 15 is 0 Å². The van der Waals surface area contributed by atoms with E-state index in [9.17, 15) is 19.5 Å². The van der Waals surface area contributed by atoms with Gasteiger partial charge in [0.2, 0.25) is 5.91 Å². The molecular weight excluding hydrogens is 592 g/mol. The third-order valence-corrected chi connectivity index (χ3v) is 8.18. The molecule has 0 saturated carbocycles. The Morgan fingerprint density at radius 1 is 0.867 bits per heavy atom. The molecule has 2 N–H and O–H groups in total. The topological polar surface area (TPSA) is 133 Å². The Morgan fingerprint density at radius 2 is 1.51 bits per heavy atom. The van der Waals surface area contributed by atoms with Crippen LogP contribution in [0.3, 0.4) is 0 Å². The molecule has 1 aromatic heterocycles. The van der Waals surface area contributed by atoms with Crippen molar-refractivity contribution >= 4 is 45.9 Å². The van der Waals surface area contributed by atoms with Gasteiger partial charge in [0.05, 0.1) is 12.8 Å². The monoisotopic (exact) mass is 619 g/mol. The van der Waals surface area contributed by atoms with Crippen LogP contribution >= 0.6 is 11.3 Å². The number of hydrogen-bond donors (Lipinski definition) is 2. The van der Waals surface area contributed by atoms with E-state index in [1.54, 1.807) is 61.0 Å². The lowest BCUT2D eigenvalue weighted by Crippen LogP contribution is -2.39. The molecule has 0 atom stereocenters. The van der Waals surface area contributed by atoms with E-state index in [1.165, 1.54) is 4.90 Å². The van der Waals surface area contributed by atoms with Gasteiger partial charge in [0, 0.05) is 28.2 Å². The Labute approximate surface area is 262 Å². The first-order chi connectivity index (χ1) is 21.9. The summed E-state index contributed by atoms with van der Waals surface area (Å²) in [7, 11) is 1.55. The van der Waals surface area contributed by atoms with E-state index in [0.29, 0.717) is 22.8 Å². The molecule has 226 valence electrons. The summed E-state index contributed by atoms with van der Waals surface area (Å²) < 4.78 is 11.1. The summed E-state index contributed by atoms with van der Waals surface area (Å²) in [5, 5.41) is 17.6. The molecule has 45 heavy (non-hydrogen) atoms. The van der Waals surface area contributed by atoms with E-state index in [2.05, 4.69) is 27.8 Å². The summed E-state index contributed by atoms with van der Waals surface area (Å²) in [6.07, 6.45) is -2.09. The minimum atomic E-state index is -1.43. The largest absolute Gasteiger partial charge is 0.530 e. The number of rotatable bonds is 9. The van der Waals surface area contributed by atoms with Crippen LogP contribution < -0.4 is 25.4 Å². The molecule has 1 heterocycles. The van der Waals surface area contributed by atoms with Crippen molar-refractivity contribution < 1.29 is 29.0 Å². The van der Waals surface area contributed by atoms with Crippen molar-refractivity contribution in [2.24, 2.45) is 0 Å². The van der Waals surface area contributed by atoms with Gasteiger partial charge in [0.1, 0.15) is 25.0 Å². The predicted octanol–water partition coefficient (Wildman–Crippen LogP) is 5.97. The molecule has 0 unspecified atom stereocenters. The number of nitrogens with zero attached hydrogens (tertiary/aromatic N) is 2. The Bertz CT molecular complexity index is 1810. The van der Waals surface area contributed by atoms with E-state index in [0.717, 1.165) is 39.2 Å². The maximum absolute atomic E-state index is 13.6. The van der Waals surface area contributed by atoms with Gasteiger partial charge in [-0.1, -0.05) is 60.7 Å². The van der Waals surface area contributed by atoms with Crippen molar-refractivity contribution in [2.75, 3.05) is 35.8 Å². The van der Waals surface area contributed by atoms with Gasteiger partial charge in [0.25, 0.3) is 0 Å². The molecule has 1 aliphatic carbocycles. The number of hydrogen-bond acceptors (Lipinski definition) is 8. The van der Waals surface area contributed by atoms with Gasteiger partial charge in [-0.05, 0) is 58.7 Å². The van der Waals surface area contributed by atoms with Crippen LogP contribution in [0, 0.1) is 0 Å². The lowest BCUT2D eigenvalue weighted by atomic mass is 9.98. The second kappa shape index (κ2) is 12.9. The molecule has 0 aliphatic heterocycles. The average Bonchev–Trinajstić information content (AvgIpc) is 3.65. The number of carbonyl (C=O) groups is 3. The zero-order chi connectivity index (χ0) is 31.3. The van der Waals surface area contributed by atoms with Crippen LogP contribution in [0.2, 0.25) is 0 Å². The van der Waals surface area contributed by atoms with E-state index < -0.39 is 18.1 Å². The standard InChI is InChI=1S/C34H28N4O6S/c1-43-24-16-14-23(15-17-24)38(34(42)44-19-29-27-8-4-2-6-25(27)26-7-3-5-9-28(26)29)18-31(39)35-22-12-10-21(11-13-22)30-20-45-32(36-30)37-33(40)41/h2-17,20,29H,18-19H2,1H3,(H,35,39)(H,36,37)(H,40,41)/p-1. The van der Waals surface area contributed by atoms with Crippen molar-refractivity contribution in [1.82, 2.24) is 4.98 Å².